The van der Waals surface area contributed by atoms with E-state index in [4.69, 9.17) is 4.74 Å². The van der Waals surface area contributed by atoms with Gasteiger partial charge in [0.05, 0.1) is 16.7 Å². The van der Waals surface area contributed by atoms with Crippen molar-refractivity contribution >= 4 is 40.9 Å². The number of aryl methyl sites for hydroxylation is 1. The average Bonchev–Trinajstić information content (AvgIpc) is 3.18. The van der Waals surface area contributed by atoms with Gasteiger partial charge in [-0.25, -0.2) is 0 Å². The van der Waals surface area contributed by atoms with Gasteiger partial charge in [0.25, 0.3) is 0 Å². The number of allylic oxidation sites excluding steroid dienone is 1. The zero-order valence-corrected chi connectivity index (χ0v) is 16.4. The number of para-hydroxylation sites is 1. The van der Waals surface area contributed by atoms with Crippen LogP contribution in [0.3, 0.4) is 0 Å². The third kappa shape index (κ3) is 3.88. The van der Waals surface area contributed by atoms with Gasteiger partial charge in [0, 0.05) is 17.4 Å². The average molecular weight is 386 g/mol. The molecule has 27 heavy (non-hydrogen) atoms. The smallest absolute Gasteiger partial charge is 0.326 e. The summed E-state index contributed by atoms with van der Waals surface area (Å²) in [6, 6.07) is 5.97. The number of carbonyl (C=O) groups excluding carboxylic acids is 1. The van der Waals surface area contributed by atoms with E-state index in [-0.39, 0.29) is 18.5 Å². The summed E-state index contributed by atoms with van der Waals surface area (Å²) in [6.07, 6.45) is 4.80. The first-order valence-corrected chi connectivity index (χ1v) is 9.76. The number of hydrogen-bond donors (Lipinski definition) is 1. The van der Waals surface area contributed by atoms with Crippen molar-refractivity contribution in [2.24, 2.45) is 4.99 Å². The van der Waals surface area contributed by atoms with Crippen molar-refractivity contribution in [3.8, 4) is 5.88 Å². The van der Waals surface area contributed by atoms with E-state index >= 15 is 0 Å². The van der Waals surface area contributed by atoms with E-state index in [1.54, 1.807) is 19.2 Å². The fourth-order valence-corrected chi connectivity index (χ4v) is 3.68. The minimum absolute atomic E-state index is 0.227. The van der Waals surface area contributed by atoms with Crippen LogP contribution in [0.2, 0.25) is 0 Å². The fourth-order valence-electron chi connectivity index (χ4n) is 2.84. The first kappa shape index (κ1) is 19.1. The zero-order chi connectivity index (χ0) is 19.6. The van der Waals surface area contributed by atoms with Crippen molar-refractivity contribution in [3.05, 3.63) is 43.9 Å². The van der Waals surface area contributed by atoms with Crippen LogP contribution in [0, 0.1) is 0 Å². The lowest BCUT2D eigenvalue weighted by Gasteiger charge is -2.11. The highest BCUT2D eigenvalue weighted by Crippen LogP contribution is 2.37. The molecule has 0 saturated heterocycles. The number of rotatable bonds is 6. The number of ether oxygens (including phenoxy) is 1. The second-order valence-electron chi connectivity index (χ2n) is 6.38. The molecule has 3 rings (SSSR count). The van der Waals surface area contributed by atoms with E-state index in [1.807, 2.05) is 25.1 Å². The first-order valence-electron chi connectivity index (χ1n) is 8.94. The number of carbonyl (C=O) groups is 1. The summed E-state index contributed by atoms with van der Waals surface area (Å²) in [5.74, 6) is -0.772. The summed E-state index contributed by atoms with van der Waals surface area (Å²) in [5.41, 5.74) is 3.87. The Morgan fingerprint density at radius 2 is 2.19 bits per heavy atom. The lowest BCUT2D eigenvalue weighted by Crippen LogP contribution is -2.23. The lowest BCUT2D eigenvalue weighted by molar-refractivity contribution is -0.149. The molecule has 1 aromatic carbocycles. The van der Waals surface area contributed by atoms with Gasteiger partial charge in [-0.1, -0.05) is 43.4 Å². The molecule has 0 spiro atoms. The van der Waals surface area contributed by atoms with Gasteiger partial charge in [-0.3, -0.25) is 19.1 Å². The zero-order valence-electron chi connectivity index (χ0n) is 15.6. The van der Waals surface area contributed by atoms with Crippen LogP contribution in [-0.4, -0.2) is 28.0 Å². The normalized spacial score (nSPS) is 15.1. The van der Waals surface area contributed by atoms with Gasteiger partial charge < -0.3 is 9.84 Å². The topological polar surface area (TPSA) is 80.9 Å². The number of aliphatic imine (C=N–C) groups is 1. The van der Waals surface area contributed by atoms with Gasteiger partial charge >= 0.3 is 10.8 Å². The monoisotopic (exact) mass is 386 g/mol. The number of esters is 1. The first-order chi connectivity index (χ1) is 12.9. The van der Waals surface area contributed by atoms with Crippen LogP contribution in [0.4, 0.5) is 5.69 Å². The van der Waals surface area contributed by atoms with Crippen LogP contribution >= 0.6 is 11.3 Å². The Bertz CT molecular complexity index is 984. The van der Waals surface area contributed by atoms with Gasteiger partial charge in [0.15, 0.2) is 0 Å². The maximum Gasteiger partial charge on any atom is 0.326 e. The van der Waals surface area contributed by atoms with Gasteiger partial charge in [-0.15, -0.1) is 0 Å². The van der Waals surface area contributed by atoms with Gasteiger partial charge in [-0.2, -0.15) is 0 Å². The molecule has 1 aliphatic rings. The SMILES string of the molecule is CCc1cccc2c1N=CC2=Cc1sc(=O)n(CC(=O)O[C@H](C)CC)c1O. The maximum atomic E-state index is 12.2. The van der Waals surface area contributed by atoms with Crippen LogP contribution in [-0.2, 0) is 22.5 Å². The second-order valence-corrected chi connectivity index (χ2v) is 7.37. The van der Waals surface area contributed by atoms with Crippen LogP contribution in [0.25, 0.3) is 11.6 Å². The molecule has 1 aliphatic heterocycles. The molecule has 0 radical (unpaired) electrons. The van der Waals surface area contributed by atoms with Gasteiger partial charge in [0.1, 0.15) is 6.54 Å². The van der Waals surface area contributed by atoms with Crippen molar-refractivity contribution in [3.63, 3.8) is 0 Å². The van der Waals surface area contributed by atoms with Crippen molar-refractivity contribution < 1.29 is 14.6 Å². The van der Waals surface area contributed by atoms with E-state index in [0.29, 0.717) is 11.3 Å². The van der Waals surface area contributed by atoms with E-state index in [9.17, 15) is 14.7 Å². The van der Waals surface area contributed by atoms with Gasteiger partial charge in [0.2, 0.25) is 5.88 Å². The number of aromatic hydroxyl groups is 1. The largest absolute Gasteiger partial charge is 0.493 e. The predicted octanol–water partition coefficient (Wildman–Crippen LogP) is 3.78. The molecule has 1 N–H and O–H groups in total. The molecule has 0 amide bonds. The summed E-state index contributed by atoms with van der Waals surface area (Å²) in [4.78, 5) is 28.6. The Hall–Kier alpha value is -2.67. The standard InChI is InChI=1S/C20H22N2O4S/c1-4-12(3)26-17(23)11-22-19(24)16(27-20(22)25)9-14-10-21-18-13(5-2)7-6-8-15(14)18/h6-10,12,24H,4-5,11H2,1-3H3/t12-/m1/s1. The molecule has 2 heterocycles. The highest BCUT2D eigenvalue weighted by molar-refractivity contribution is 7.10. The second kappa shape index (κ2) is 7.92. The molecule has 6 nitrogen and oxygen atoms in total. The van der Waals surface area contributed by atoms with Crippen molar-refractivity contribution in [1.82, 2.24) is 4.57 Å². The van der Waals surface area contributed by atoms with E-state index in [2.05, 4.69) is 11.9 Å². The molecule has 142 valence electrons. The molecular formula is C20H22N2O4S. The summed E-state index contributed by atoms with van der Waals surface area (Å²) >= 11 is 0.891. The fraction of sp³-hybridized carbons (Fsp3) is 0.350. The quantitative estimate of drug-likeness (QED) is 0.766. The Morgan fingerprint density at radius 1 is 1.41 bits per heavy atom. The third-order valence-electron chi connectivity index (χ3n) is 4.52. The number of fused-ring (bicyclic) bond motifs is 1. The summed E-state index contributed by atoms with van der Waals surface area (Å²) in [7, 11) is 0. The van der Waals surface area contributed by atoms with Crippen LogP contribution < -0.4 is 4.87 Å². The molecule has 1 aromatic heterocycles. The number of thiazole rings is 1. The molecular weight excluding hydrogens is 364 g/mol. The molecule has 0 bridgehead atoms. The number of aromatic nitrogens is 1. The predicted molar refractivity (Wildman–Crippen MR) is 108 cm³/mol. The van der Waals surface area contributed by atoms with Crippen LogP contribution in [0.1, 0.15) is 43.2 Å². The highest BCUT2D eigenvalue weighted by Gasteiger charge is 2.20. The van der Waals surface area contributed by atoms with Crippen molar-refractivity contribution in [2.75, 3.05) is 0 Å². The minimum Gasteiger partial charge on any atom is -0.493 e. The number of benzene rings is 1. The van der Waals surface area contributed by atoms with Gasteiger partial charge in [-0.05, 0) is 31.4 Å². The molecule has 2 aromatic rings. The summed E-state index contributed by atoms with van der Waals surface area (Å²) in [5, 5.41) is 10.4. The molecule has 7 heteroatoms. The molecule has 0 aliphatic carbocycles. The molecule has 0 fully saturated rings. The third-order valence-corrected chi connectivity index (χ3v) is 5.43. The highest BCUT2D eigenvalue weighted by atomic mass is 32.1. The van der Waals surface area contributed by atoms with Crippen molar-refractivity contribution in [2.45, 2.75) is 46.3 Å². The number of hydrogen-bond acceptors (Lipinski definition) is 6. The number of nitrogens with zero attached hydrogens (tertiary/aromatic N) is 2. The molecule has 1 atom stereocenters. The Morgan fingerprint density at radius 3 is 2.89 bits per heavy atom. The van der Waals surface area contributed by atoms with E-state index in [0.717, 1.165) is 44.7 Å². The Labute approximate surface area is 161 Å². The Balaban J connectivity index is 1.89. The summed E-state index contributed by atoms with van der Waals surface area (Å²) < 4.78 is 6.23. The molecule has 0 unspecified atom stereocenters. The Kier molecular flexibility index (Phi) is 5.60. The maximum absolute atomic E-state index is 12.2. The van der Waals surface area contributed by atoms with E-state index < -0.39 is 10.8 Å². The van der Waals surface area contributed by atoms with Crippen LogP contribution in [0.15, 0.2) is 28.0 Å². The minimum atomic E-state index is -0.542. The summed E-state index contributed by atoms with van der Waals surface area (Å²) in [6.45, 7) is 5.45. The van der Waals surface area contributed by atoms with Crippen molar-refractivity contribution in [1.29, 1.82) is 0 Å². The van der Waals surface area contributed by atoms with Crippen LogP contribution in [0.5, 0.6) is 5.88 Å². The molecule has 0 saturated carbocycles. The van der Waals surface area contributed by atoms with E-state index in [1.165, 1.54) is 0 Å². The lowest BCUT2D eigenvalue weighted by atomic mass is 10.0.